The molecule has 20 heavy (non-hydrogen) atoms. The lowest BCUT2D eigenvalue weighted by molar-refractivity contribution is 0.124. The fourth-order valence-electron chi connectivity index (χ4n) is 2.46. The van der Waals surface area contributed by atoms with Crippen LogP contribution in [-0.2, 0) is 0 Å². The second kappa shape index (κ2) is 6.69. The zero-order chi connectivity index (χ0) is 14.5. The molecular formula is C18H23NO. The Morgan fingerprint density at radius 3 is 2.05 bits per heavy atom. The van der Waals surface area contributed by atoms with Crippen LogP contribution in [0.25, 0.3) is 0 Å². The molecule has 0 spiro atoms. The average Bonchev–Trinajstić information content (AvgIpc) is 2.46. The van der Waals surface area contributed by atoms with Crippen LogP contribution in [0.4, 0.5) is 0 Å². The Bertz CT molecular complexity index is 519. The van der Waals surface area contributed by atoms with Crippen molar-refractivity contribution >= 4 is 0 Å². The van der Waals surface area contributed by atoms with Crippen LogP contribution >= 0.6 is 0 Å². The van der Waals surface area contributed by atoms with Crippen LogP contribution in [0.5, 0.6) is 0 Å². The summed E-state index contributed by atoms with van der Waals surface area (Å²) in [7, 11) is 4.12. The van der Waals surface area contributed by atoms with Gasteiger partial charge in [-0.1, -0.05) is 60.2 Å². The second-order valence-electron chi connectivity index (χ2n) is 5.55. The van der Waals surface area contributed by atoms with Crippen LogP contribution in [0, 0.1) is 6.92 Å². The van der Waals surface area contributed by atoms with Gasteiger partial charge in [0.05, 0.1) is 6.10 Å². The van der Waals surface area contributed by atoms with E-state index in [0.29, 0.717) is 6.42 Å². The van der Waals surface area contributed by atoms with Crippen molar-refractivity contribution in [2.24, 2.45) is 0 Å². The predicted octanol–water partition coefficient (Wildman–Crippen LogP) is 3.72. The van der Waals surface area contributed by atoms with Gasteiger partial charge in [0.25, 0.3) is 0 Å². The van der Waals surface area contributed by atoms with Crippen molar-refractivity contribution in [2.45, 2.75) is 25.5 Å². The summed E-state index contributed by atoms with van der Waals surface area (Å²) in [6, 6.07) is 18.6. The lowest BCUT2D eigenvalue weighted by Gasteiger charge is -2.27. The van der Waals surface area contributed by atoms with Crippen LogP contribution < -0.4 is 0 Å². The van der Waals surface area contributed by atoms with Crippen molar-refractivity contribution in [3.05, 3.63) is 71.3 Å². The van der Waals surface area contributed by atoms with Gasteiger partial charge in [0.15, 0.2) is 0 Å². The summed E-state index contributed by atoms with van der Waals surface area (Å²) in [5, 5.41) is 10.4. The predicted molar refractivity (Wildman–Crippen MR) is 83.6 cm³/mol. The van der Waals surface area contributed by atoms with Crippen molar-refractivity contribution in [2.75, 3.05) is 14.1 Å². The molecule has 2 atom stereocenters. The molecule has 0 aliphatic carbocycles. The molecule has 0 amide bonds. The fourth-order valence-corrected chi connectivity index (χ4v) is 2.46. The number of hydrogen-bond donors (Lipinski definition) is 1. The standard InChI is InChI=1S/C18H23NO/c1-14-9-11-15(12-10-14)17(19(2)3)13-18(20)16-7-5-4-6-8-16/h4-12,17-18,20H,13H2,1-3H3. The third kappa shape index (κ3) is 3.69. The Morgan fingerprint density at radius 1 is 0.900 bits per heavy atom. The molecule has 0 aliphatic heterocycles. The molecule has 2 nitrogen and oxygen atoms in total. The number of aryl methyl sites for hydroxylation is 1. The third-order valence-corrected chi connectivity index (χ3v) is 3.72. The SMILES string of the molecule is Cc1ccc(C(CC(O)c2ccccc2)N(C)C)cc1. The van der Waals surface area contributed by atoms with E-state index in [9.17, 15) is 5.11 Å². The first-order chi connectivity index (χ1) is 9.58. The molecule has 2 rings (SSSR count). The van der Waals surface area contributed by atoms with E-state index < -0.39 is 6.10 Å². The lowest BCUT2D eigenvalue weighted by atomic mass is 9.95. The summed E-state index contributed by atoms with van der Waals surface area (Å²) in [5.41, 5.74) is 3.48. The average molecular weight is 269 g/mol. The maximum absolute atomic E-state index is 10.4. The summed E-state index contributed by atoms with van der Waals surface area (Å²) < 4.78 is 0. The maximum atomic E-state index is 10.4. The Balaban J connectivity index is 2.16. The number of aliphatic hydroxyl groups is 1. The van der Waals surface area contributed by atoms with Crippen molar-refractivity contribution < 1.29 is 5.11 Å². The van der Waals surface area contributed by atoms with Gasteiger partial charge < -0.3 is 10.0 Å². The molecule has 2 heteroatoms. The Hall–Kier alpha value is -1.64. The number of benzene rings is 2. The first-order valence-corrected chi connectivity index (χ1v) is 7.04. The molecule has 0 aromatic heterocycles. The first-order valence-electron chi connectivity index (χ1n) is 7.04. The van der Waals surface area contributed by atoms with Gasteiger partial charge in [-0.2, -0.15) is 0 Å². The number of rotatable bonds is 5. The minimum atomic E-state index is -0.440. The van der Waals surface area contributed by atoms with Crippen molar-refractivity contribution in [3.8, 4) is 0 Å². The van der Waals surface area contributed by atoms with Gasteiger partial charge in [0.1, 0.15) is 0 Å². The van der Waals surface area contributed by atoms with E-state index >= 15 is 0 Å². The van der Waals surface area contributed by atoms with E-state index in [1.165, 1.54) is 11.1 Å². The van der Waals surface area contributed by atoms with Crippen LogP contribution in [0.3, 0.4) is 0 Å². The van der Waals surface area contributed by atoms with Gasteiger partial charge in [-0.05, 0) is 38.6 Å². The van der Waals surface area contributed by atoms with Crippen LogP contribution in [-0.4, -0.2) is 24.1 Å². The molecule has 2 aromatic rings. The number of aliphatic hydroxyl groups excluding tert-OH is 1. The summed E-state index contributed by atoms with van der Waals surface area (Å²) in [6.45, 7) is 2.09. The van der Waals surface area contributed by atoms with E-state index in [2.05, 4.69) is 50.2 Å². The third-order valence-electron chi connectivity index (χ3n) is 3.72. The largest absolute Gasteiger partial charge is 0.388 e. The zero-order valence-electron chi connectivity index (χ0n) is 12.5. The Kier molecular flexibility index (Phi) is 4.94. The molecule has 0 aliphatic rings. The smallest absolute Gasteiger partial charge is 0.0808 e. The zero-order valence-corrected chi connectivity index (χ0v) is 12.5. The Labute approximate surface area is 121 Å². The van der Waals surface area contributed by atoms with Crippen molar-refractivity contribution in [1.29, 1.82) is 0 Å². The minimum absolute atomic E-state index is 0.214. The van der Waals surface area contributed by atoms with E-state index in [1.807, 2.05) is 30.3 Å². The molecule has 1 N–H and O–H groups in total. The summed E-state index contributed by atoms with van der Waals surface area (Å²) >= 11 is 0. The highest BCUT2D eigenvalue weighted by molar-refractivity contribution is 5.25. The van der Waals surface area contributed by atoms with Crippen LogP contribution in [0.15, 0.2) is 54.6 Å². The van der Waals surface area contributed by atoms with Crippen molar-refractivity contribution in [3.63, 3.8) is 0 Å². The summed E-state index contributed by atoms with van der Waals surface area (Å²) in [4.78, 5) is 2.16. The summed E-state index contributed by atoms with van der Waals surface area (Å²) in [6.07, 6.45) is 0.255. The molecule has 0 radical (unpaired) electrons. The molecular weight excluding hydrogens is 246 g/mol. The molecule has 0 saturated carbocycles. The summed E-state index contributed by atoms with van der Waals surface area (Å²) in [5.74, 6) is 0. The van der Waals surface area contributed by atoms with E-state index in [1.54, 1.807) is 0 Å². The molecule has 0 heterocycles. The van der Waals surface area contributed by atoms with Gasteiger partial charge in [-0.3, -0.25) is 0 Å². The van der Waals surface area contributed by atoms with Crippen molar-refractivity contribution in [1.82, 2.24) is 4.90 Å². The van der Waals surface area contributed by atoms with Gasteiger partial charge in [-0.25, -0.2) is 0 Å². The fraction of sp³-hybridized carbons (Fsp3) is 0.333. The van der Waals surface area contributed by atoms with Gasteiger partial charge >= 0.3 is 0 Å². The molecule has 0 bridgehead atoms. The second-order valence-corrected chi connectivity index (χ2v) is 5.55. The molecule has 2 unspecified atom stereocenters. The highest BCUT2D eigenvalue weighted by atomic mass is 16.3. The van der Waals surface area contributed by atoms with Gasteiger partial charge in [0, 0.05) is 6.04 Å². The van der Waals surface area contributed by atoms with E-state index in [0.717, 1.165) is 5.56 Å². The van der Waals surface area contributed by atoms with E-state index in [-0.39, 0.29) is 6.04 Å². The highest BCUT2D eigenvalue weighted by Gasteiger charge is 2.19. The molecule has 0 saturated heterocycles. The monoisotopic (exact) mass is 269 g/mol. The number of hydrogen-bond acceptors (Lipinski definition) is 2. The maximum Gasteiger partial charge on any atom is 0.0808 e. The van der Waals surface area contributed by atoms with Gasteiger partial charge in [-0.15, -0.1) is 0 Å². The van der Waals surface area contributed by atoms with Gasteiger partial charge in [0.2, 0.25) is 0 Å². The Morgan fingerprint density at radius 2 is 1.50 bits per heavy atom. The topological polar surface area (TPSA) is 23.5 Å². The quantitative estimate of drug-likeness (QED) is 0.894. The highest BCUT2D eigenvalue weighted by Crippen LogP contribution is 2.29. The first kappa shape index (κ1) is 14.8. The molecule has 106 valence electrons. The molecule has 2 aromatic carbocycles. The van der Waals surface area contributed by atoms with E-state index in [4.69, 9.17) is 0 Å². The minimum Gasteiger partial charge on any atom is -0.388 e. The van der Waals surface area contributed by atoms with Crippen LogP contribution in [0.1, 0.15) is 35.3 Å². The lowest BCUT2D eigenvalue weighted by Crippen LogP contribution is -2.22. The number of nitrogens with zero attached hydrogens (tertiary/aromatic N) is 1. The molecule has 0 fully saturated rings. The normalized spacial score (nSPS) is 14.2. The van der Waals surface area contributed by atoms with Crippen LogP contribution in [0.2, 0.25) is 0 Å².